The first-order valence-corrected chi connectivity index (χ1v) is 7.07. The monoisotopic (exact) mass is 325 g/mol. The van der Waals surface area contributed by atoms with Crippen molar-refractivity contribution < 1.29 is 0 Å². The summed E-state index contributed by atoms with van der Waals surface area (Å²) >= 11 is 3.43. The molecule has 0 amide bonds. The molecule has 0 atom stereocenters. The van der Waals surface area contributed by atoms with E-state index in [1.807, 2.05) is 30.3 Å². The van der Waals surface area contributed by atoms with Crippen LogP contribution in [0, 0.1) is 0 Å². The van der Waals surface area contributed by atoms with Crippen molar-refractivity contribution in [3.63, 3.8) is 0 Å². The van der Waals surface area contributed by atoms with E-state index in [1.165, 1.54) is 11.6 Å². The molecular formula is C17H12BrNO. The molecule has 1 N–H and O–H groups in total. The van der Waals surface area contributed by atoms with Crippen molar-refractivity contribution in [2.45, 2.75) is 0 Å². The smallest absolute Gasteiger partial charge is 0.248 e. The van der Waals surface area contributed by atoms with Crippen molar-refractivity contribution >= 4 is 15.9 Å². The predicted octanol–water partition coefficient (Wildman–Crippen LogP) is 4.47. The van der Waals surface area contributed by atoms with Gasteiger partial charge in [-0.2, -0.15) is 0 Å². The van der Waals surface area contributed by atoms with E-state index in [2.05, 4.69) is 45.2 Å². The van der Waals surface area contributed by atoms with Gasteiger partial charge in [0.05, 0.1) is 0 Å². The van der Waals surface area contributed by atoms with Gasteiger partial charge in [-0.05, 0) is 34.9 Å². The molecule has 3 rings (SSSR count). The largest absolute Gasteiger partial charge is 0.322 e. The number of aromatic nitrogens is 1. The van der Waals surface area contributed by atoms with Crippen molar-refractivity contribution in [2.75, 3.05) is 0 Å². The average molecular weight is 326 g/mol. The molecule has 0 aliphatic rings. The fourth-order valence-electron chi connectivity index (χ4n) is 2.10. The van der Waals surface area contributed by atoms with E-state index in [1.54, 1.807) is 6.07 Å². The van der Waals surface area contributed by atoms with Gasteiger partial charge in [0.25, 0.3) is 0 Å². The number of pyridine rings is 1. The van der Waals surface area contributed by atoms with Gasteiger partial charge in [-0.25, -0.2) is 0 Å². The number of aromatic amines is 1. The second kappa shape index (κ2) is 5.47. The third-order valence-corrected chi connectivity index (χ3v) is 3.67. The number of hydrogen-bond donors (Lipinski definition) is 1. The van der Waals surface area contributed by atoms with E-state index in [0.29, 0.717) is 0 Å². The standard InChI is InChI=1S/C17H12BrNO/c18-15-10-8-13(9-11-15)12-4-6-14(7-5-12)16-2-1-3-17(20)19-16/h1-11H,(H,19,20). The zero-order valence-electron chi connectivity index (χ0n) is 10.6. The van der Waals surface area contributed by atoms with Crippen LogP contribution in [0.4, 0.5) is 0 Å². The molecule has 1 heterocycles. The van der Waals surface area contributed by atoms with Crippen LogP contribution < -0.4 is 5.56 Å². The average Bonchev–Trinajstić information content (AvgIpc) is 2.48. The van der Waals surface area contributed by atoms with Crippen molar-refractivity contribution in [3.05, 3.63) is 81.6 Å². The van der Waals surface area contributed by atoms with Crippen LogP contribution >= 0.6 is 15.9 Å². The van der Waals surface area contributed by atoms with Crippen LogP contribution in [0.25, 0.3) is 22.4 Å². The molecule has 98 valence electrons. The SMILES string of the molecule is O=c1cccc(-c2ccc(-c3ccc(Br)cc3)cc2)[nH]1. The normalized spacial score (nSPS) is 10.4. The Balaban J connectivity index is 1.95. The summed E-state index contributed by atoms with van der Waals surface area (Å²) in [5, 5.41) is 0. The van der Waals surface area contributed by atoms with E-state index in [9.17, 15) is 4.79 Å². The summed E-state index contributed by atoms with van der Waals surface area (Å²) in [6.45, 7) is 0. The lowest BCUT2D eigenvalue weighted by atomic mass is 10.0. The summed E-state index contributed by atoms with van der Waals surface area (Å²) in [4.78, 5) is 14.2. The fourth-order valence-corrected chi connectivity index (χ4v) is 2.37. The number of H-pyrrole nitrogens is 1. The van der Waals surface area contributed by atoms with Crippen LogP contribution in [-0.2, 0) is 0 Å². The minimum Gasteiger partial charge on any atom is -0.322 e. The van der Waals surface area contributed by atoms with Gasteiger partial charge >= 0.3 is 0 Å². The van der Waals surface area contributed by atoms with Crippen molar-refractivity contribution in [3.8, 4) is 22.4 Å². The van der Waals surface area contributed by atoms with Crippen molar-refractivity contribution in [1.29, 1.82) is 0 Å². The van der Waals surface area contributed by atoms with E-state index >= 15 is 0 Å². The number of benzene rings is 2. The van der Waals surface area contributed by atoms with Crippen LogP contribution in [0.5, 0.6) is 0 Å². The van der Waals surface area contributed by atoms with E-state index in [0.717, 1.165) is 21.3 Å². The Morgan fingerprint density at radius 2 is 1.25 bits per heavy atom. The first kappa shape index (κ1) is 12.9. The highest BCUT2D eigenvalue weighted by atomic mass is 79.9. The maximum atomic E-state index is 11.3. The third-order valence-electron chi connectivity index (χ3n) is 3.14. The summed E-state index contributed by atoms with van der Waals surface area (Å²) < 4.78 is 1.07. The summed E-state index contributed by atoms with van der Waals surface area (Å²) in [7, 11) is 0. The number of rotatable bonds is 2. The van der Waals surface area contributed by atoms with Gasteiger partial charge < -0.3 is 4.98 Å². The first-order valence-electron chi connectivity index (χ1n) is 6.28. The number of hydrogen-bond acceptors (Lipinski definition) is 1. The van der Waals surface area contributed by atoms with Crippen LogP contribution in [0.1, 0.15) is 0 Å². The Bertz CT molecular complexity index is 773. The van der Waals surface area contributed by atoms with Crippen LogP contribution in [0.3, 0.4) is 0 Å². The number of nitrogens with one attached hydrogen (secondary N) is 1. The van der Waals surface area contributed by atoms with Gasteiger partial charge in [0.15, 0.2) is 0 Å². The van der Waals surface area contributed by atoms with Gasteiger partial charge in [0.2, 0.25) is 5.56 Å². The maximum Gasteiger partial charge on any atom is 0.248 e. The van der Waals surface area contributed by atoms with E-state index < -0.39 is 0 Å². The molecule has 0 unspecified atom stereocenters. The molecule has 0 spiro atoms. The highest BCUT2D eigenvalue weighted by Crippen LogP contribution is 2.24. The summed E-state index contributed by atoms with van der Waals surface area (Å²) in [5.41, 5.74) is 4.07. The Kier molecular flexibility index (Phi) is 3.52. The fraction of sp³-hybridized carbons (Fsp3) is 0. The molecule has 2 nitrogen and oxygen atoms in total. The first-order chi connectivity index (χ1) is 9.72. The Hall–Kier alpha value is -2.13. The Morgan fingerprint density at radius 1 is 0.700 bits per heavy atom. The van der Waals surface area contributed by atoms with E-state index in [-0.39, 0.29) is 5.56 Å². The number of halogens is 1. The molecule has 1 aromatic heterocycles. The molecule has 2 aromatic carbocycles. The van der Waals surface area contributed by atoms with Crippen LogP contribution in [0.15, 0.2) is 76.0 Å². The lowest BCUT2D eigenvalue weighted by molar-refractivity contribution is 1.24. The van der Waals surface area contributed by atoms with Crippen molar-refractivity contribution in [1.82, 2.24) is 4.98 Å². The second-order valence-corrected chi connectivity index (χ2v) is 5.43. The molecule has 0 aliphatic heterocycles. The molecular weight excluding hydrogens is 314 g/mol. The Morgan fingerprint density at radius 3 is 1.85 bits per heavy atom. The quantitative estimate of drug-likeness (QED) is 0.740. The summed E-state index contributed by atoms with van der Waals surface area (Å²) in [6, 6.07) is 21.5. The van der Waals surface area contributed by atoms with Gasteiger partial charge in [-0.15, -0.1) is 0 Å². The van der Waals surface area contributed by atoms with Crippen molar-refractivity contribution in [2.24, 2.45) is 0 Å². The summed E-state index contributed by atoms with van der Waals surface area (Å²) in [6.07, 6.45) is 0. The molecule has 3 heteroatoms. The lowest BCUT2D eigenvalue weighted by Gasteiger charge is -2.05. The zero-order chi connectivity index (χ0) is 13.9. The second-order valence-electron chi connectivity index (χ2n) is 4.51. The predicted molar refractivity (Wildman–Crippen MR) is 85.6 cm³/mol. The van der Waals surface area contributed by atoms with Gasteiger partial charge in [0.1, 0.15) is 0 Å². The van der Waals surface area contributed by atoms with Gasteiger partial charge in [-0.1, -0.05) is 58.4 Å². The minimum atomic E-state index is -0.0838. The molecule has 0 fully saturated rings. The molecule has 0 aliphatic carbocycles. The van der Waals surface area contributed by atoms with Gasteiger partial charge in [0, 0.05) is 16.2 Å². The van der Waals surface area contributed by atoms with Gasteiger partial charge in [-0.3, -0.25) is 4.79 Å². The summed E-state index contributed by atoms with van der Waals surface area (Å²) in [5.74, 6) is 0. The molecule has 3 aromatic rings. The van der Waals surface area contributed by atoms with Crippen LogP contribution in [0.2, 0.25) is 0 Å². The Labute approximate surface area is 125 Å². The highest BCUT2D eigenvalue weighted by molar-refractivity contribution is 9.10. The highest BCUT2D eigenvalue weighted by Gasteiger charge is 2.01. The molecule has 0 bridgehead atoms. The topological polar surface area (TPSA) is 32.9 Å². The third kappa shape index (κ3) is 2.73. The molecule has 0 saturated carbocycles. The molecule has 0 saturated heterocycles. The lowest BCUT2D eigenvalue weighted by Crippen LogP contribution is -2.03. The zero-order valence-corrected chi connectivity index (χ0v) is 12.2. The molecule has 0 radical (unpaired) electrons. The van der Waals surface area contributed by atoms with E-state index in [4.69, 9.17) is 0 Å². The van der Waals surface area contributed by atoms with Crippen LogP contribution in [-0.4, -0.2) is 4.98 Å². The molecule has 20 heavy (non-hydrogen) atoms. The maximum absolute atomic E-state index is 11.3. The minimum absolute atomic E-state index is 0.0838.